The van der Waals surface area contributed by atoms with Gasteiger partial charge in [0.05, 0.1) is 19.2 Å². The van der Waals surface area contributed by atoms with E-state index >= 15 is 0 Å². The molecule has 1 aromatic carbocycles. The molecule has 3 unspecified atom stereocenters. The van der Waals surface area contributed by atoms with Crippen LogP contribution in [0.2, 0.25) is 0 Å². The molecule has 1 aliphatic carbocycles. The largest absolute Gasteiger partial charge is 0.480 e. The van der Waals surface area contributed by atoms with Crippen molar-refractivity contribution in [2.75, 3.05) is 26.2 Å². The molecule has 0 aromatic heterocycles. The number of carbonyl (C=O) groups excluding carboxylic acids is 2. The van der Waals surface area contributed by atoms with Gasteiger partial charge in [0.2, 0.25) is 0 Å². The molecule has 38 heavy (non-hydrogen) atoms. The van der Waals surface area contributed by atoms with Crippen molar-refractivity contribution in [2.45, 2.75) is 82.6 Å². The monoisotopic (exact) mass is 661 g/mol. The Balaban J connectivity index is 0.00000253. The molecule has 2 fully saturated rings. The van der Waals surface area contributed by atoms with E-state index in [1.807, 2.05) is 24.3 Å². The summed E-state index contributed by atoms with van der Waals surface area (Å²) in [6.45, 7) is 5.37. The predicted octanol–water partition coefficient (Wildman–Crippen LogP) is 3.55. The molecule has 2 saturated heterocycles. The number of aliphatic carboxylic acids is 1. The van der Waals surface area contributed by atoms with Crippen molar-refractivity contribution in [1.82, 2.24) is 15.5 Å². The van der Waals surface area contributed by atoms with Crippen LogP contribution >= 0.6 is 34.0 Å². The van der Waals surface area contributed by atoms with E-state index in [0.717, 1.165) is 43.5 Å². The highest BCUT2D eigenvalue weighted by molar-refractivity contribution is 8.93. The summed E-state index contributed by atoms with van der Waals surface area (Å²) in [5.74, 6) is -1.34. The fourth-order valence-electron chi connectivity index (χ4n) is 5.98. The third kappa shape index (κ3) is 7.35. The zero-order valence-corrected chi connectivity index (χ0v) is 25.6. The van der Waals surface area contributed by atoms with Gasteiger partial charge in [-0.3, -0.25) is 19.8 Å². The van der Waals surface area contributed by atoms with E-state index in [4.69, 9.17) is 9.47 Å². The zero-order chi connectivity index (χ0) is 25.7. The van der Waals surface area contributed by atoms with Crippen LogP contribution in [0.25, 0.3) is 0 Å². The minimum atomic E-state index is -1.48. The van der Waals surface area contributed by atoms with Gasteiger partial charge in [0, 0.05) is 0 Å². The molecule has 0 radical (unpaired) electrons. The number of nitrogens with zero attached hydrogens (tertiary/aromatic N) is 1. The normalized spacial score (nSPS) is 25.7. The molecule has 2 aliphatic heterocycles. The van der Waals surface area contributed by atoms with Gasteiger partial charge in [0.1, 0.15) is 12.1 Å². The first kappa shape index (κ1) is 32.7. The number of hydrogen-bond donors (Lipinski definition) is 3. The SMILES string of the molecule is Br.Br.CCOC(=O)[C@@H](CCCCC1CCNCC1)NC1(C)C(=O)OC2c3ccccc3CC2N1CC(=O)O. The second kappa shape index (κ2) is 14.7. The lowest BCUT2D eigenvalue weighted by atomic mass is 9.91. The number of unbranched alkanes of at least 4 members (excludes halogenated alkanes) is 1. The summed E-state index contributed by atoms with van der Waals surface area (Å²) in [6, 6.07) is 6.64. The smallest absolute Gasteiger partial charge is 0.342 e. The molecule has 11 heteroatoms. The van der Waals surface area contributed by atoms with Gasteiger partial charge in [-0.15, -0.1) is 34.0 Å². The first-order valence-corrected chi connectivity index (χ1v) is 13.3. The number of benzene rings is 1. The van der Waals surface area contributed by atoms with Crippen LogP contribution in [-0.4, -0.2) is 71.9 Å². The number of ether oxygens (including phenoxy) is 2. The van der Waals surface area contributed by atoms with Crippen molar-refractivity contribution in [2.24, 2.45) is 5.92 Å². The highest BCUT2D eigenvalue weighted by Crippen LogP contribution is 2.43. The Bertz CT molecular complexity index is 960. The van der Waals surface area contributed by atoms with Gasteiger partial charge in [-0.1, -0.05) is 43.5 Å². The van der Waals surface area contributed by atoms with Gasteiger partial charge >= 0.3 is 17.9 Å². The highest BCUT2D eigenvalue weighted by Gasteiger charge is 2.56. The highest BCUT2D eigenvalue weighted by atomic mass is 79.9. The first-order chi connectivity index (χ1) is 17.3. The molecule has 214 valence electrons. The molecule has 9 nitrogen and oxygen atoms in total. The maximum atomic E-state index is 13.4. The summed E-state index contributed by atoms with van der Waals surface area (Å²) in [5, 5.41) is 16.3. The first-order valence-electron chi connectivity index (χ1n) is 13.3. The molecule has 3 aliphatic rings. The number of hydrogen-bond acceptors (Lipinski definition) is 8. The summed E-state index contributed by atoms with van der Waals surface area (Å²) < 4.78 is 11.2. The van der Waals surface area contributed by atoms with E-state index in [1.165, 1.54) is 12.8 Å². The fourth-order valence-corrected chi connectivity index (χ4v) is 5.98. The molecule has 3 N–H and O–H groups in total. The van der Waals surface area contributed by atoms with Crippen LogP contribution in [0.3, 0.4) is 0 Å². The number of morpholine rings is 1. The van der Waals surface area contributed by atoms with Crippen molar-refractivity contribution < 1.29 is 29.0 Å². The number of halogens is 2. The minimum Gasteiger partial charge on any atom is -0.480 e. The van der Waals surface area contributed by atoms with Gasteiger partial charge in [0.25, 0.3) is 0 Å². The number of carboxylic acid groups (broad SMARTS) is 1. The van der Waals surface area contributed by atoms with E-state index in [-0.39, 0.29) is 53.2 Å². The van der Waals surface area contributed by atoms with Crippen molar-refractivity contribution in [3.05, 3.63) is 35.4 Å². The number of piperidine rings is 1. The predicted molar refractivity (Wildman–Crippen MR) is 154 cm³/mol. The van der Waals surface area contributed by atoms with E-state index in [1.54, 1.807) is 18.7 Å². The van der Waals surface area contributed by atoms with Crippen LogP contribution in [0, 0.1) is 5.92 Å². The molecule has 4 rings (SSSR count). The zero-order valence-electron chi connectivity index (χ0n) is 22.1. The third-order valence-electron chi connectivity index (χ3n) is 7.89. The van der Waals surface area contributed by atoms with Crippen molar-refractivity contribution >= 4 is 51.9 Å². The van der Waals surface area contributed by atoms with Crippen LogP contribution in [-0.2, 0) is 30.3 Å². The number of nitrogens with one attached hydrogen (secondary N) is 2. The lowest BCUT2D eigenvalue weighted by molar-refractivity contribution is -0.193. The molecule has 2 heterocycles. The van der Waals surface area contributed by atoms with Crippen LogP contribution < -0.4 is 10.6 Å². The van der Waals surface area contributed by atoms with E-state index in [0.29, 0.717) is 18.8 Å². The quantitative estimate of drug-likeness (QED) is 0.242. The molecule has 4 atom stereocenters. The van der Waals surface area contributed by atoms with Crippen LogP contribution in [0.15, 0.2) is 24.3 Å². The molecule has 0 spiro atoms. The Hall–Kier alpha value is -1.53. The summed E-state index contributed by atoms with van der Waals surface area (Å²) in [7, 11) is 0. The van der Waals surface area contributed by atoms with Crippen molar-refractivity contribution in [1.29, 1.82) is 0 Å². The average molecular weight is 663 g/mol. The number of esters is 2. The van der Waals surface area contributed by atoms with Crippen molar-refractivity contribution in [3.63, 3.8) is 0 Å². The van der Waals surface area contributed by atoms with Gasteiger partial charge in [-0.2, -0.15) is 0 Å². The molecule has 0 saturated carbocycles. The minimum absolute atomic E-state index is 0. The maximum absolute atomic E-state index is 13.4. The van der Waals surface area contributed by atoms with Gasteiger partial charge in [0.15, 0.2) is 5.66 Å². The summed E-state index contributed by atoms with van der Waals surface area (Å²) in [6.07, 6.45) is 5.81. The standard InChI is InChI=1S/C27H39N3O6.2BrH/c1-3-35-25(33)21(11-7-4-8-18-12-14-28-15-13-18)29-27(2)26(34)36-24-20-10-6-5-9-19(20)16-22(24)30(27)17-23(31)32;;/h5-6,9-10,18,21-22,24,28-29H,3-4,7-8,11-17H2,1-2H3,(H,31,32);2*1H/t21-,22?,24?,27?;;/m1../s1. The topological polar surface area (TPSA) is 117 Å². The molecule has 1 aromatic rings. The lowest BCUT2D eigenvalue weighted by Crippen LogP contribution is -2.72. The van der Waals surface area contributed by atoms with Gasteiger partial charge in [-0.25, -0.2) is 4.79 Å². The number of fused-ring (bicyclic) bond motifs is 3. The van der Waals surface area contributed by atoms with Crippen LogP contribution in [0.1, 0.15) is 69.6 Å². The maximum Gasteiger partial charge on any atom is 0.342 e. The van der Waals surface area contributed by atoms with Gasteiger partial charge in [-0.05, 0) is 69.7 Å². The Labute approximate surface area is 245 Å². The molecular weight excluding hydrogens is 622 g/mol. The van der Waals surface area contributed by atoms with E-state index in [9.17, 15) is 19.5 Å². The molecule has 0 bridgehead atoms. The van der Waals surface area contributed by atoms with Crippen molar-refractivity contribution in [3.8, 4) is 0 Å². The third-order valence-corrected chi connectivity index (χ3v) is 7.89. The number of rotatable bonds is 11. The Morgan fingerprint density at radius 3 is 2.63 bits per heavy atom. The van der Waals surface area contributed by atoms with Gasteiger partial charge < -0.3 is 19.9 Å². The fraction of sp³-hybridized carbons (Fsp3) is 0.667. The second-order valence-corrected chi connectivity index (χ2v) is 10.3. The van der Waals surface area contributed by atoms with Crippen LogP contribution in [0.5, 0.6) is 0 Å². The molecule has 0 amide bonds. The summed E-state index contributed by atoms with van der Waals surface area (Å²) in [4.78, 5) is 39.9. The number of carboxylic acids is 1. The lowest BCUT2D eigenvalue weighted by Gasteiger charge is -2.49. The summed E-state index contributed by atoms with van der Waals surface area (Å²) >= 11 is 0. The number of carbonyl (C=O) groups is 3. The summed E-state index contributed by atoms with van der Waals surface area (Å²) in [5.41, 5.74) is 0.474. The Morgan fingerprint density at radius 2 is 1.95 bits per heavy atom. The second-order valence-electron chi connectivity index (χ2n) is 10.3. The Morgan fingerprint density at radius 1 is 1.24 bits per heavy atom. The van der Waals surface area contributed by atoms with Crippen LogP contribution in [0.4, 0.5) is 0 Å². The molecular formula is C27H41Br2N3O6. The van der Waals surface area contributed by atoms with E-state index < -0.39 is 35.7 Å². The van der Waals surface area contributed by atoms with E-state index in [2.05, 4.69) is 10.6 Å². The Kier molecular flexibility index (Phi) is 12.7. The average Bonchev–Trinajstić information content (AvgIpc) is 3.22.